The number of likely N-dealkylation sites (tertiary alicyclic amines) is 1. The maximum atomic E-state index is 10.2. The fourth-order valence-corrected chi connectivity index (χ4v) is 3.33. The molecule has 3 nitrogen and oxygen atoms in total. The van der Waals surface area contributed by atoms with Gasteiger partial charge in [-0.2, -0.15) is 0 Å². The molecule has 0 radical (unpaired) electrons. The largest absolute Gasteiger partial charge is 0.393 e. The summed E-state index contributed by atoms with van der Waals surface area (Å²) in [4.78, 5) is 3.33. The van der Waals surface area contributed by atoms with Gasteiger partial charge >= 0.3 is 0 Å². The molecule has 1 atom stereocenters. The van der Waals surface area contributed by atoms with Gasteiger partial charge in [0.15, 0.2) is 0 Å². The van der Waals surface area contributed by atoms with Gasteiger partial charge in [-0.15, -0.1) is 11.3 Å². The van der Waals surface area contributed by atoms with E-state index in [0.29, 0.717) is 6.54 Å². The Morgan fingerprint density at radius 2 is 2.06 bits per heavy atom. The molecule has 1 aromatic rings. The van der Waals surface area contributed by atoms with Crippen molar-refractivity contribution >= 4 is 11.3 Å². The number of thiophene rings is 1. The summed E-state index contributed by atoms with van der Waals surface area (Å²) < 4.78 is 0. The maximum absolute atomic E-state index is 10.2. The highest BCUT2D eigenvalue weighted by atomic mass is 32.1. The highest BCUT2D eigenvalue weighted by Crippen LogP contribution is 2.28. The first-order valence-corrected chi connectivity index (χ1v) is 7.09. The van der Waals surface area contributed by atoms with Gasteiger partial charge in [0, 0.05) is 24.5 Å². The molecule has 17 heavy (non-hydrogen) atoms. The molecule has 1 aliphatic heterocycles. The molecule has 2 rings (SSSR count). The number of piperidine rings is 1. The predicted molar refractivity (Wildman–Crippen MR) is 70.4 cm³/mol. The predicted octanol–water partition coefficient (Wildman–Crippen LogP) is 1.86. The average Bonchev–Trinajstić information content (AvgIpc) is 2.63. The molecule has 0 aromatic carbocycles. The summed E-state index contributed by atoms with van der Waals surface area (Å²) >= 11 is 1.65. The third-order valence-electron chi connectivity index (χ3n) is 3.61. The van der Waals surface area contributed by atoms with Crippen LogP contribution < -0.4 is 0 Å². The molecule has 96 valence electrons. The highest BCUT2D eigenvalue weighted by Gasteiger charge is 2.21. The average molecular weight is 255 g/mol. The maximum Gasteiger partial charge on any atom is 0.101 e. The van der Waals surface area contributed by atoms with Crippen LogP contribution in [0.5, 0.6) is 0 Å². The summed E-state index contributed by atoms with van der Waals surface area (Å²) in [7, 11) is 0. The van der Waals surface area contributed by atoms with E-state index in [1.807, 2.05) is 0 Å². The number of rotatable bonds is 3. The van der Waals surface area contributed by atoms with Crippen molar-refractivity contribution in [1.82, 2.24) is 4.90 Å². The van der Waals surface area contributed by atoms with E-state index in [2.05, 4.69) is 24.1 Å². The fourth-order valence-electron chi connectivity index (χ4n) is 2.28. The van der Waals surface area contributed by atoms with Gasteiger partial charge in [-0.05, 0) is 43.2 Å². The van der Waals surface area contributed by atoms with Crippen molar-refractivity contribution in [1.29, 1.82) is 0 Å². The van der Waals surface area contributed by atoms with Crippen molar-refractivity contribution in [2.75, 3.05) is 19.6 Å². The molecule has 2 heterocycles. The third-order valence-corrected chi connectivity index (χ3v) is 4.92. The van der Waals surface area contributed by atoms with Crippen molar-refractivity contribution in [3.8, 4) is 0 Å². The fraction of sp³-hybridized carbons (Fsp3) is 0.692. The minimum atomic E-state index is -0.385. The van der Waals surface area contributed by atoms with E-state index in [4.69, 9.17) is 0 Å². The summed E-state index contributed by atoms with van der Waals surface area (Å²) in [6, 6.07) is 0. The van der Waals surface area contributed by atoms with Gasteiger partial charge in [0.2, 0.25) is 0 Å². The standard InChI is InChI=1S/C13H21NO2S/c1-9-8-17-13(10(9)2)12(16)7-14-5-3-11(15)4-6-14/h8,11-12,15-16H,3-7H2,1-2H3. The Bertz CT molecular complexity index is 369. The number of aliphatic hydroxyl groups is 2. The lowest BCUT2D eigenvalue weighted by molar-refractivity contribution is 0.0516. The Morgan fingerprint density at radius 3 is 2.59 bits per heavy atom. The monoisotopic (exact) mass is 255 g/mol. The van der Waals surface area contributed by atoms with E-state index in [9.17, 15) is 10.2 Å². The molecule has 0 aliphatic carbocycles. The topological polar surface area (TPSA) is 43.7 Å². The first-order valence-electron chi connectivity index (χ1n) is 6.21. The molecule has 4 heteroatoms. The second-order valence-corrected chi connectivity index (χ2v) is 5.87. The Kier molecular flexibility index (Phi) is 4.20. The van der Waals surface area contributed by atoms with Gasteiger partial charge in [0.05, 0.1) is 6.10 Å². The van der Waals surface area contributed by atoms with Crippen molar-refractivity contribution < 1.29 is 10.2 Å². The van der Waals surface area contributed by atoms with E-state index in [1.54, 1.807) is 11.3 Å². The lowest BCUT2D eigenvalue weighted by Crippen LogP contribution is -2.38. The smallest absolute Gasteiger partial charge is 0.101 e. The van der Waals surface area contributed by atoms with Crippen LogP contribution in [0.3, 0.4) is 0 Å². The first kappa shape index (κ1) is 13.0. The van der Waals surface area contributed by atoms with Crippen LogP contribution in [-0.4, -0.2) is 40.9 Å². The van der Waals surface area contributed by atoms with Crippen LogP contribution in [0.2, 0.25) is 0 Å². The van der Waals surface area contributed by atoms with Gasteiger partial charge < -0.3 is 15.1 Å². The van der Waals surface area contributed by atoms with Crippen LogP contribution >= 0.6 is 11.3 Å². The van der Waals surface area contributed by atoms with Gasteiger partial charge in [0.1, 0.15) is 6.10 Å². The second-order valence-electron chi connectivity index (χ2n) is 4.96. The lowest BCUT2D eigenvalue weighted by Gasteiger charge is -2.30. The Balaban J connectivity index is 1.93. The molecular weight excluding hydrogens is 234 g/mol. The molecule has 0 spiro atoms. The van der Waals surface area contributed by atoms with Gasteiger partial charge in [-0.25, -0.2) is 0 Å². The minimum Gasteiger partial charge on any atom is -0.393 e. The second kappa shape index (κ2) is 5.48. The summed E-state index contributed by atoms with van der Waals surface area (Å²) in [5.41, 5.74) is 2.48. The van der Waals surface area contributed by atoms with Gasteiger partial charge in [-0.1, -0.05) is 0 Å². The first-order chi connectivity index (χ1) is 8.08. The molecule has 0 saturated carbocycles. The van der Waals surface area contributed by atoms with Crippen LogP contribution in [0.15, 0.2) is 5.38 Å². The number of aliphatic hydroxyl groups excluding tert-OH is 2. The van der Waals surface area contributed by atoms with E-state index >= 15 is 0 Å². The summed E-state index contributed by atoms with van der Waals surface area (Å²) in [5, 5.41) is 21.8. The lowest BCUT2D eigenvalue weighted by atomic mass is 10.1. The molecule has 2 N–H and O–H groups in total. The summed E-state index contributed by atoms with van der Waals surface area (Å²) in [6.07, 6.45) is 1.13. The Hall–Kier alpha value is -0.420. The van der Waals surface area contributed by atoms with Crippen LogP contribution in [0, 0.1) is 13.8 Å². The third kappa shape index (κ3) is 3.07. The van der Waals surface area contributed by atoms with Gasteiger partial charge in [-0.3, -0.25) is 0 Å². The zero-order valence-electron chi connectivity index (χ0n) is 10.5. The molecule has 0 bridgehead atoms. The molecule has 1 aliphatic rings. The van der Waals surface area contributed by atoms with Crippen molar-refractivity contribution in [3.63, 3.8) is 0 Å². The van der Waals surface area contributed by atoms with Crippen LogP contribution in [0.25, 0.3) is 0 Å². The molecular formula is C13H21NO2S. The van der Waals surface area contributed by atoms with Crippen molar-refractivity contribution in [2.45, 2.75) is 38.9 Å². The van der Waals surface area contributed by atoms with Crippen LogP contribution in [0.1, 0.15) is 34.9 Å². The zero-order chi connectivity index (χ0) is 12.4. The molecule has 1 unspecified atom stereocenters. The summed E-state index contributed by atoms with van der Waals surface area (Å²) in [6.45, 7) is 6.63. The van der Waals surface area contributed by atoms with Crippen LogP contribution in [-0.2, 0) is 0 Å². The van der Waals surface area contributed by atoms with E-state index in [-0.39, 0.29) is 12.2 Å². The molecule has 0 amide bonds. The quantitative estimate of drug-likeness (QED) is 0.866. The molecule has 1 fully saturated rings. The SMILES string of the molecule is Cc1csc(C(O)CN2CCC(O)CC2)c1C. The highest BCUT2D eigenvalue weighted by molar-refractivity contribution is 7.10. The summed E-state index contributed by atoms with van der Waals surface area (Å²) in [5.74, 6) is 0. The Labute approximate surface area is 107 Å². The number of hydrogen-bond acceptors (Lipinski definition) is 4. The number of aryl methyl sites for hydroxylation is 1. The van der Waals surface area contributed by atoms with Crippen molar-refractivity contribution in [3.05, 3.63) is 21.4 Å². The normalized spacial score (nSPS) is 20.7. The Morgan fingerprint density at radius 1 is 1.41 bits per heavy atom. The molecule has 1 aromatic heterocycles. The van der Waals surface area contributed by atoms with Crippen molar-refractivity contribution in [2.24, 2.45) is 0 Å². The van der Waals surface area contributed by atoms with Crippen LogP contribution in [0.4, 0.5) is 0 Å². The zero-order valence-corrected chi connectivity index (χ0v) is 11.3. The number of nitrogens with zero attached hydrogens (tertiary/aromatic N) is 1. The van der Waals surface area contributed by atoms with E-state index in [1.165, 1.54) is 11.1 Å². The van der Waals surface area contributed by atoms with Gasteiger partial charge in [0.25, 0.3) is 0 Å². The number of hydrogen-bond donors (Lipinski definition) is 2. The molecule has 1 saturated heterocycles. The van der Waals surface area contributed by atoms with E-state index < -0.39 is 0 Å². The minimum absolute atomic E-state index is 0.144. The van der Waals surface area contributed by atoms with E-state index in [0.717, 1.165) is 30.8 Å². The number of β-amino-alcohol motifs (C(OH)–C–C–N with tert-alkyl or cyclic N) is 1.